The van der Waals surface area contributed by atoms with Gasteiger partial charge in [-0.1, -0.05) is 35.9 Å². The van der Waals surface area contributed by atoms with Crippen molar-refractivity contribution in [3.05, 3.63) is 59.1 Å². The van der Waals surface area contributed by atoms with Gasteiger partial charge < -0.3 is 15.2 Å². The first-order valence-electron chi connectivity index (χ1n) is 5.99. The number of nitrogens with one attached hydrogen (secondary N) is 1. The van der Waals surface area contributed by atoms with E-state index in [1.165, 1.54) is 7.11 Å². The van der Waals surface area contributed by atoms with E-state index in [4.69, 9.17) is 16.3 Å². The fourth-order valence-corrected chi connectivity index (χ4v) is 2.12. The van der Waals surface area contributed by atoms with Gasteiger partial charge in [-0.3, -0.25) is 0 Å². The Bertz CT molecular complexity index is 601. The molecule has 0 aliphatic rings. The van der Waals surface area contributed by atoms with E-state index in [2.05, 4.69) is 5.32 Å². The van der Waals surface area contributed by atoms with Gasteiger partial charge in [0.1, 0.15) is 5.75 Å². The summed E-state index contributed by atoms with van der Waals surface area (Å²) in [5.41, 5.74) is 1.29. The molecule has 0 heterocycles. The molecule has 0 saturated carbocycles. The molecule has 4 nitrogen and oxygen atoms in total. The molecule has 0 amide bonds. The van der Waals surface area contributed by atoms with E-state index in [0.29, 0.717) is 16.3 Å². The summed E-state index contributed by atoms with van der Waals surface area (Å²) in [5.74, 6) is -0.464. The van der Waals surface area contributed by atoms with Gasteiger partial charge in [0.2, 0.25) is 0 Å². The van der Waals surface area contributed by atoms with Gasteiger partial charge in [-0.05, 0) is 29.8 Å². The highest BCUT2D eigenvalue weighted by atomic mass is 35.5. The molecule has 2 aromatic rings. The Labute approximate surface area is 122 Å². The SMILES string of the molecule is COc1ccc(C(Nc2ccccc2)C(=O)O)cc1Cl. The zero-order valence-corrected chi connectivity index (χ0v) is 11.6. The van der Waals surface area contributed by atoms with Crippen LogP contribution in [0.1, 0.15) is 11.6 Å². The topological polar surface area (TPSA) is 58.6 Å². The summed E-state index contributed by atoms with van der Waals surface area (Å²) in [6, 6.07) is 13.2. The number of hydrogen-bond donors (Lipinski definition) is 2. The van der Waals surface area contributed by atoms with Crippen LogP contribution in [0.25, 0.3) is 0 Å². The van der Waals surface area contributed by atoms with E-state index in [1.54, 1.807) is 30.3 Å². The van der Waals surface area contributed by atoms with E-state index in [0.717, 1.165) is 5.69 Å². The number of rotatable bonds is 5. The minimum atomic E-state index is -0.977. The van der Waals surface area contributed by atoms with Crippen molar-refractivity contribution in [1.82, 2.24) is 0 Å². The fourth-order valence-electron chi connectivity index (χ4n) is 1.85. The van der Waals surface area contributed by atoms with E-state index in [1.807, 2.05) is 18.2 Å². The number of methoxy groups -OCH3 is 1. The van der Waals surface area contributed by atoms with Crippen molar-refractivity contribution in [2.75, 3.05) is 12.4 Å². The first-order chi connectivity index (χ1) is 9.61. The fraction of sp³-hybridized carbons (Fsp3) is 0.133. The van der Waals surface area contributed by atoms with Crippen LogP contribution in [-0.4, -0.2) is 18.2 Å². The number of carbonyl (C=O) groups is 1. The highest BCUT2D eigenvalue weighted by Crippen LogP contribution is 2.29. The lowest BCUT2D eigenvalue weighted by molar-refractivity contribution is -0.138. The Morgan fingerprint density at radius 2 is 1.95 bits per heavy atom. The number of ether oxygens (including phenoxy) is 1. The van der Waals surface area contributed by atoms with Gasteiger partial charge in [-0.25, -0.2) is 4.79 Å². The van der Waals surface area contributed by atoms with Crippen LogP contribution in [-0.2, 0) is 4.79 Å². The smallest absolute Gasteiger partial charge is 0.330 e. The Morgan fingerprint density at radius 3 is 2.50 bits per heavy atom. The van der Waals surface area contributed by atoms with Crippen LogP contribution in [0.4, 0.5) is 5.69 Å². The summed E-state index contributed by atoms with van der Waals surface area (Å²) in [5, 5.41) is 12.7. The minimum absolute atomic E-state index is 0.381. The quantitative estimate of drug-likeness (QED) is 0.884. The molecule has 0 fully saturated rings. The van der Waals surface area contributed by atoms with E-state index < -0.39 is 12.0 Å². The Hall–Kier alpha value is -2.20. The summed E-state index contributed by atoms with van der Waals surface area (Å²) in [6.07, 6.45) is 0. The second-order valence-electron chi connectivity index (χ2n) is 4.18. The van der Waals surface area contributed by atoms with Crippen LogP contribution >= 0.6 is 11.6 Å². The van der Waals surface area contributed by atoms with Crippen LogP contribution in [0.3, 0.4) is 0 Å². The number of halogens is 1. The minimum Gasteiger partial charge on any atom is -0.495 e. The molecular weight excluding hydrogens is 278 g/mol. The predicted molar refractivity (Wildman–Crippen MR) is 78.4 cm³/mol. The van der Waals surface area contributed by atoms with Gasteiger partial charge in [0.05, 0.1) is 12.1 Å². The lowest BCUT2D eigenvalue weighted by Gasteiger charge is -2.17. The third-order valence-corrected chi connectivity index (χ3v) is 3.14. The molecule has 20 heavy (non-hydrogen) atoms. The van der Waals surface area contributed by atoms with Crippen molar-refractivity contribution in [2.24, 2.45) is 0 Å². The number of carboxylic acid groups (broad SMARTS) is 1. The zero-order valence-electron chi connectivity index (χ0n) is 10.8. The Balaban J connectivity index is 2.29. The van der Waals surface area contributed by atoms with Crippen molar-refractivity contribution in [1.29, 1.82) is 0 Å². The van der Waals surface area contributed by atoms with Crippen molar-refractivity contribution in [3.8, 4) is 5.75 Å². The molecule has 1 atom stereocenters. The van der Waals surface area contributed by atoms with E-state index in [-0.39, 0.29) is 0 Å². The van der Waals surface area contributed by atoms with Gasteiger partial charge in [-0.2, -0.15) is 0 Å². The van der Waals surface area contributed by atoms with Crippen molar-refractivity contribution < 1.29 is 14.6 Å². The number of aliphatic carboxylic acids is 1. The first kappa shape index (κ1) is 14.2. The van der Waals surface area contributed by atoms with Gasteiger partial charge in [-0.15, -0.1) is 0 Å². The molecule has 0 spiro atoms. The number of carboxylic acids is 1. The second-order valence-corrected chi connectivity index (χ2v) is 4.58. The Morgan fingerprint density at radius 1 is 1.25 bits per heavy atom. The van der Waals surface area contributed by atoms with Crippen LogP contribution in [0.2, 0.25) is 5.02 Å². The van der Waals surface area contributed by atoms with Gasteiger partial charge in [0, 0.05) is 5.69 Å². The summed E-state index contributed by atoms with van der Waals surface area (Å²) in [6.45, 7) is 0. The van der Waals surface area contributed by atoms with Gasteiger partial charge >= 0.3 is 5.97 Å². The van der Waals surface area contributed by atoms with Crippen LogP contribution in [0.5, 0.6) is 5.75 Å². The summed E-state index contributed by atoms with van der Waals surface area (Å²) in [4.78, 5) is 11.4. The average molecular weight is 292 g/mol. The van der Waals surface area contributed by atoms with E-state index >= 15 is 0 Å². The molecule has 0 aliphatic heterocycles. The average Bonchev–Trinajstić information content (AvgIpc) is 2.45. The Kier molecular flexibility index (Phi) is 4.48. The lowest BCUT2D eigenvalue weighted by Crippen LogP contribution is -2.20. The highest BCUT2D eigenvalue weighted by molar-refractivity contribution is 6.32. The van der Waals surface area contributed by atoms with E-state index in [9.17, 15) is 9.90 Å². The molecule has 2 aromatic carbocycles. The third kappa shape index (κ3) is 3.22. The number of benzene rings is 2. The first-order valence-corrected chi connectivity index (χ1v) is 6.37. The molecule has 0 saturated heterocycles. The standard InChI is InChI=1S/C15H14ClNO3/c1-20-13-8-7-10(9-12(13)16)14(15(18)19)17-11-5-3-2-4-6-11/h2-9,14,17H,1H3,(H,18,19). The highest BCUT2D eigenvalue weighted by Gasteiger charge is 2.20. The molecule has 2 rings (SSSR count). The van der Waals surface area contributed by atoms with Crippen LogP contribution < -0.4 is 10.1 Å². The third-order valence-electron chi connectivity index (χ3n) is 2.84. The number of para-hydroxylation sites is 1. The van der Waals surface area contributed by atoms with Crippen molar-refractivity contribution >= 4 is 23.3 Å². The zero-order chi connectivity index (χ0) is 14.5. The van der Waals surface area contributed by atoms with Crippen LogP contribution in [0.15, 0.2) is 48.5 Å². The van der Waals surface area contributed by atoms with Crippen LogP contribution in [0, 0.1) is 0 Å². The molecular formula is C15H14ClNO3. The molecule has 1 unspecified atom stereocenters. The molecule has 2 N–H and O–H groups in total. The van der Waals surface area contributed by atoms with Gasteiger partial charge in [0.25, 0.3) is 0 Å². The molecule has 104 valence electrons. The maximum absolute atomic E-state index is 11.4. The second kappa shape index (κ2) is 6.30. The molecule has 0 bridgehead atoms. The summed E-state index contributed by atoms with van der Waals surface area (Å²) < 4.78 is 5.06. The number of hydrogen-bond acceptors (Lipinski definition) is 3. The van der Waals surface area contributed by atoms with Gasteiger partial charge in [0.15, 0.2) is 6.04 Å². The molecule has 0 radical (unpaired) electrons. The maximum atomic E-state index is 11.4. The molecule has 0 aliphatic carbocycles. The lowest BCUT2D eigenvalue weighted by atomic mass is 10.1. The van der Waals surface area contributed by atoms with Crippen molar-refractivity contribution in [3.63, 3.8) is 0 Å². The maximum Gasteiger partial charge on any atom is 0.330 e. The summed E-state index contributed by atoms with van der Waals surface area (Å²) in [7, 11) is 1.51. The van der Waals surface area contributed by atoms with Crippen molar-refractivity contribution in [2.45, 2.75) is 6.04 Å². The largest absolute Gasteiger partial charge is 0.495 e. The predicted octanol–water partition coefficient (Wildman–Crippen LogP) is 3.59. The monoisotopic (exact) mass is 291 g/mol. The normalized spacial score (nSPS) is 11.7. The number of anilines is 1. The molecule has 0 aromatic heterocycles. The molecule has 5 heteroatoms. The summed E-state index contributed by atoms with van der Waals surface area (Å²) >= 11 is 6.04.